The number of aromatic nitrogens is 3. The number of carbonyl (C=O) groups is 1. The van der Waals surface area contributed by atoms with Crippen molar-refractivity contribution >= 4 is 35.0 Å². The Morgan fingerprint density at radius 3 is 2.58 bits per heavy atom. The van der Waals surface area contributed by atoms with E-state index in [2.05, 4.69) is 15.5 Å². The van der Waals surface area contributed by atoms with E-state index in [4.69, 9.17) is 11.6 Å². The summed E-state index contributed by atoms with van der Waals surface area (Å²) in [6.45, 7) is 0. The first kappa shape index (κ1) is 18.3. The van der Waals surface area contributed by atoms with E-state index in [1.165, 1.54) is 17.8 Å². The van der Waals surface area contributed by atoms with Crippen LogP contribution in [0.1, 0.15) is 0 Å². The monoisotopic (exact) mass is 394 g/mol. The van der Waals surface area contributed by atoms with Crippen molar-refractivity contribution in [2.24, 2.45) is 7.05 Å². The number of carbonyl (C=O) groups excluding carboxylic acids is 1. The molecule has 0 bridgehead atoms. The van der Waals surface area contributed by atoms with Crippen molar-refractivity contribution in [2.45, 2.75) is 5.16 Å². The second-order valence-electron chi connectivity index (χ2n) is 5.34. The lowest BCUT2D eigenvalue weighted by molar-refractivity contribution is -0.113. The lowest BCUT2D eigenvalue weighted by Crippen LogP contribution is -2.14. The van der Waals surface area contributed by atoms with E-state index in [1.54, 1.807) is 23.7 Å². The van der Waals surface area contributed by atoms with E-state index in [9.17, 15) is 13.6 Å². The minimum Gasteiger partial charge on any atom is -0.325 e. The van der Waals surface area contributed by atoms with Gasteiger partial charge < -0.3 is 9.88 Å². The van der Waals surface area contributed by atoms with Crippen molar-refractivity contribution in [2.75, 3.05) is 11.1 Å². The number of halogens is 3. The highest BCUT2D eigenvalue weighted by Crippen LogP contribution is 2.24. The molecule has 0 aliphatic carbocycles. The summed E-state index contributed by atoms with van der Waals surface area (Å²) in [4.78, 5) is 12.0. The van der Waals surface area contributed by atoms with Crippen LogP contribution < -0.4 is 5.32 Å². The molecule has 2 aromatic carbocycles. The number of hydrogen-bond donors (Lipinski definition) is 1. The second kappa shape index (κ2) is 7.84. The van der Waals surface area contributed by atoms with E-state index >= 15 is 0 Å². The maximum Gasteiger partial charge on any atom is 0.234 e. The number of thioether (sulfide) groups is 1. The summed E-state index contributed by atoms with van der Waals surface area (Å²) in [5.41, 5.74) is 1.04. The Hall–Kier alpha value is -2.45. The van der Waals surface area contributed by atoms with Crippen molar-refractivity contribution in [3.8, 4) is 11.4 Å². The molecule has 0 spiro atoms. The first-order chi connectivity index (χ1) is 12.4. The molecule has 9 heteroatoms. The van der Waals surface area contributed by atoms with Crippen LogP contribution >= 0.6 is 23.4 Å². The molecular formula is C17H13ClF2N4OS. The summed E-state index contributed by atoms with van der Waals surface area (Å²) in [6, 6.07) is 10.4. The first-order valence-corrected chi connectivity index (χ1v) is 8.83. The second-order valence-corrected chi connectivity index (χ2v) is 6.72. The van der Waals surface area contributed by atoms with Gasteiger partial charge >= 0.3 is 0 Å². The smallest absolute Gasteiger partial charge is 0.234 e. The van der Waals surface area contributed by atoms with Crippen LogP contribution in [-0.2, 0) is 11.8 Å². The van der Waals surface area contributed by atoms with Gasteiger partial charge in [-0.05, 0) is 36.4 Å². The zero-order valence-corrected chi connectivity index (χ0v) is 15.1. The van der Waals surface area contributed by atoms with Gasteiger partial charge in [0.05, 0.1) is 5.75 Å². The van der Waals surface area contributed by atoms with Gasteiger partial charge in [-0.3, -0.25) is 4.79 Å². The van der Waals surface area contributed by atoms with E-state index in [0.29, 0.717) is 16.0 Å². The molecule has 3 aromatic rings. The van der Waals surface area contributed by atoms with E-state index in [0.717, 1.165) is 17.7 Å². The quantitative estimate of drug-likeness (QED) is 0.660. The highest BCUT2D eigenvalue weighted by Gasteiger charge is 2.13. The molecule has 0 saturated heterocycles. The van der Waals surface area contributed by atoms with Gasteiger partial charge in [-0.2, -0.15) is 0 Å². The molecule has 0 atom stereocenters. The molecule has 0 aliphatic heterocycles. The van der Waals surface area contributed by atoms with Gasteiger partial charge in [0.25, 0.3) is 0 Å². The Balaban J connectivity index is 1.63. The number of amides is 1. The van der Waals surface area contributed by atoms with Crippen LogP contribution in [0.25, 0.3) is 11.4 Å². The molecule has 26 heavy (non-hydrogen) atoms. The first-order valence-electron chi connectivity index (χ1n) is 7.47. The molecule has 0 unspecified atom stereocenters. The minimum absolute atomic E-state index is 0.0472. The van der Waals surface area contributed by atoms with Gasteiger partial charge in [-0.15, -0.1) is 10.2 Å². The summed E-state index contributed by atoms with van der Waals surface area (Å²) < 4.78 is 27.8. The molecule has 1 heterocycles. The van der Waals surface area contributed by atoms with Crippen LogP contribution in [0.3, 0.4) is 0 Å². The van der Waals surface area contributed by atoms with Gasteiger partial charge in [-0.25, -0.2) is 8.78 Å². The zero-order valence-electron chi connectivity index (χ0n) is 13.5. The van der Waals surface area contributed by atoms with Crippen LogP contribution in [0.15, 0.2) is 47.6 Å². The SMILES string of the molecule is Cn1c(SCC(=O)Nc2ccc(F)c(F)c2)nnc1-c1ccc(Cl)cc1. The van der Waals surface area contributed by atoms with Crippen molar-refractivity contribution in [3.05, 3.63) is 59.1 Å². The zero-order chi connectivity index (χ0) is 18.7. The summed E-state index contributed by atoms with van der Waals surface area (Å²) in [5.74, 6) is -1.66. The standard InChI is InChI=1S/C17H13ClF2N4OS/c1-24-16(10-2-4-11(18)5-3-10)22-23-17(24)26-9-15(25)21-12-6-7-13(19)14(20)8-12/h2-8H,9H2,1H3,(H,21,25). The Morgan fingerprint density at radius 1 is 1.15 bits per heavy atom. The highest BCUT2D eigenvalue weighted by molar-refractivity contribution is 7.99. The predicted molar refractivity (Wildman–Crippen MR) is 97.2 cm³/mol. The van der Waals surface area contributed by atoms with Crippen molar-refractivity contribution < 1.29 is 13.6 Å². The Morgan fingerprint density at radius 2 is 1.88 bits per heavy atom. The average molecular weight is 395 g/mol. The van der Waals surface area contributed by atoms with Gasteiger partial charge in [0.2, 0.25) is 5.91 Å². The van der Waals surface area contributed by atoms with Gasteiger partial charge in [0.15, 0.2) is 22.6 Å². The van der Waals surface area contributed by atoms with Gasteiger partial charge in [-0.1, -0.05) is 23.4 Å². The summed E-state index contributed by atoms with van der Waals surface area (Å²) in [6.07, 6.45) is 0. The normalized spacial score (nSPS) is 10.8. The molecule has 1 N–H and O–H groups in total. The Kier molecular flexibility index (Phi) is 5.53. The number of nitrogens with one attached hydrogen (secondary N) is 1. The summed E-state index contributed by atoms with van der Waals surface area (Å²) >= 11 is 7.06. The van der Waals surface area contributed by atoms with E-state index in [1.807, 2.05) is 12.1 Å². The number of nitrogens with zero attached hydrogens (tertiary/aromatic N) is 3. The van der Waals surface area contributed by atoms with Crippen molar-refractivity contribution in [1.29, 1.82) is 0 Å². The molecule has 134 valence electrons. The van der Waals surface area contributed by atoms with Gasteiger partial charge in [0, 0.05) is 29.4 Å². The number of hydrogen-bond acceptors (Lipinski definition) is 4. The van der Waals surface area contributed by atoms with Crippen molar-refractivity contribution in [3.63, 3.8) is 0 Å². The van der Waals surface area contributed by atoms with Crippen LogP contribution in [-0.4, -0.2) is 26.4 Å². The Labute approximate surface area is 157 Å². The number of anilines is 1. The lowest BCUT2D eigenvalue weighted by Gasteiger charge is -2.06. The third-order valence-electron chi connectivity index (χ3n) is 3.47. The Bertz CT molecular complexity index is 946. The molecule has 0 aliphatic rings. The average Bonchev–Trinajstić information content (AvgIpc) is 2.98. The highest BCUT2D eigenvalue weighted by atomic mass is 35.5. The van der Waals surface area contributed by atoms with E-state index < -0.39 is 11.6 Å². The van der Waals surface area contributed by atoms with Crippen LogP contribution in [0, 0.1) is 11.6 Å². The largest absolute Gasteiger partial charge is 0.325 e. The molecule has 0 saturated carbocycles. The topological polar surface area (TPSA) is 59.8 Å². The van der Waals surface area contributed by atoms with E-state index in [-0.39, 0.29) is 17.3 Å². The third-order valence-corrected chi connectivity index (χ3v) is 4.75. The maximum atomic E-state index is 13.2. The maximum absolute atomic E-state index is 13.2. The molecule has 5 nitrogen and oxygen atoms in total. The summed E-state index contributed by atoms with van der Waals surface area (Å²) in [5, 5.41) is 11.9. The number of benzene rings is 2. The molecule has 0 fully saturated rings. The fourth-order valence-electron chi connectivity index (χ4n) is 2.19. The lowest BCUT2D eigenvalue weighted by atomic mass is 10.2. The molecular weight excluding hydrogens is 382 g/mol. The summed E-state index contributed by atoms with van der Waals surface area (Å²) in [7, 11) is 1.79. The van der Waals surface area contributed by atoms with Crippen LogP contribution in [0.2, 0.25) is 5.02 Å². The fraction of sp³-hybridized carbons (Fsp3) is 0.118. The molecule has 1 aromatic heterocycles. The molecule has 3 rings (SSSR count). The van der Waals surface area contributed by atoms with Crippen molar-refractivity contribution in [1.82, 2.24) is 14.8 Å². The fourth-order valence-corrected chi connectivity index (χ4v) is 3.03. The van der Waals surface area contributed by atoms with Crippen LogP contribution in [0.5, 0.6) is 0 Å². The molecule has 0 radical (unpaired) electrons. The minimum atomic E-state index is -1.02. The predicted octanol–water partition coefficient (Wildman–Crippen LogP) is 4.14. The molecule has 1 amide bonds. The third kappa shape index (κ3) is 4.20. The van der Waals surface area contributed by atoms with Crippen LogP contribution in [0.4, 0.5) is 14.5 Å². The van der Waals surface area contributed by atoms with Gasteiger partial charge in [0.1, 0.15) is 0 Å². The number of rotatable bonds is 5.